The number of aromatic nitrogens is 2. The van der Waals surface area contributed by atoms with Crippen LogP contribution in [0.1, 0.15) is 37.4 Å². The highest BCUT2D eigenvalue weighted by Crippen LogP contribution is 2.30. The molecule has 1 fully saturated rings. The molecule has 4 nitrogen and oxygen atoms in total. The summed E-state index contributed by atoms with van der Waals surface area (Å²) in [4.78, 5) is 19.8. The molecule has 1 aromatic heterocycles. The average molecular weight is 253 g/mol. The molecule has 1 atom stereocenters. The van der Waals surface area contributed by atoms with Crippen LogP contribution in [0.15, 0.2) is 24.3 Å². The number of nitriles is 1. The topological polar surface area (TPSA) is 69.5 Å². The predicted octanol–water partition coefficient (Wildman–Crippen LogP) is 2.93. The summed E-state index contributed by atoms with van der Waals surface area (Å²) in [6.45, 7) is 0. The van der Waals surface area contributed by atoms with Crippen LogP contribution in [0.5, 0.6) is 0 Å². The van der Waals surface area contributed by atoms with Crippen molar-refractivity contribution in [2.45, 2.75) is 31.6 Å². The molecule has 3 rings (SSSR count). The van der Waals surface area contributed by atoms with Gasteiger partial charge in [0.1, 0.15) is 5.82 Å². The Morgan fingerprint density at radius 3 is 2.79 bits per heavy atom. The van der Waals surface area contributed by atoms with E-state index in [1.807, 2.05) is 24.3 Å². The SMILES string of the molecule is N#CC(C(=O)C1CCCC1)c1nc2ccccc2[nH]1. The van der Waals surface area contributed by atoms with Gasteiger partial charge < -0.3 is 4.98 Å². The maximum atomic E-state index is 12.4. The number of benzene rings is 1. The number of aromatic amines is 1. The quantitative estimate of drug-likeness (QED) is 0.914. The lowest BCUT2D eigenvalue weighted by molar-refractivity contribution is -0.123. The molecule has 1 saturated carbocycles. The maximum absolute atomic E-state index is 12.4. The lowest BCUT2D eigenvalue weighted by atomic mass is 9.92. The number of Topliss-reactive ketones (excluding diaryl/α,β-unsaturated/α-hetero) is 1. The molecule has 19 heavy (non-hydrogen) atoms. The Balaban J connectivity index is 1.93. The zero-order valence-electron chi connectivity index (χ0n) is 10.6. The van der Waals surface area contributed by atoms with E-state index in [0.29, 0.717) is 5.82 Å². The van der Waals surface area contributed by atoms with Gasteiger partial charge >= 0.3 is 0 Å². The lowest BCUT2D eigenvalue weighted by Gasteiger charge is -2.10. The van der Waals surface area contributed by atoms with Crippen LogP contribution in [0.25, 0.3) is 11.0 Å². The molecule has 96 valence electrons. The monoisotopic (exact) mass is 253 g/mol. The molecule has 1 N–H and O–H groups in total. The molecule has 2 aromatic rings. The van der Waals surface area contributed by atoms with Crippen LogP contribution in [-0.4, -0.2) is 15.8 Å². The van der Waals surface area contributed by atoms with Gasteiger partial charge in [0.15, 0.2) is 11.7 Å². The number of nitrogens with zero attached hydrogens (tertiary/aromatic N) is 2. The smallest absolute Gasteiger partial charge is 0.162 e. The Morgan fingerprint density at radius 1 is 1.37 bits per heavy atom. The number of hydrogen-bond donors (Lipinski definition) is 1. The van der Waals surface area contributed by atoms with Crippen LogP contribution < -0.4 is 0 Å². The number of rotatable bonds is 3. The first-order valence-electron chi connectivity index (χ1n) is 6.67. The number of carbonyl (C=O) groups excluding carboxylic acids is 1. The minimum absolute atomic E-state index is 0.0269. The molecule has 0 spiro atoms. The first-order valence-corrected chi connectivity index (χ1v) is 6.67. The molecule has 1 aliphatic carbocycles. The summed E-state index contributed by atoms with van der Waals surface area (Å²) in [5, 5.41) is 9.30. The summed E-state index contributed by atoms with van der Waals surface area (Å²) < 4.78 is 0. The second kappa shape index (κ2) is 4.85. The number of imidazole rings is 1. The minimum atomic E-state index is -0.754. The summed E-state index contributed by atoms with van der Waals surface area (Å²) in [6.07, 6.45) is 4.01. The fourth-order valence-corrected chi connectivity index (χ4v) is 2.81. The molecule has 0 amide bonds. The Labute approximate surface area is 111 Å². The van der Waals surface area contributed by atoms with E-state index in [9.17, 15) is 10.1 Å². The van der Waals surface area contributed by atoms with Gasteiger partial charge in [-0.2, -0.15) is 5.26 Å². The normalized spacial score (nSPS) is 17.4. The second-order valence-electron chi connectivity index (χ2n) is 5.09. The summed E-state index contributed by atoms with van der Waals surface area (Å²) >= 11 is 0. The molecule has 0 aliphatic heterocycles. The van der Waals surface area contributed by atoms with E-state index in [2.05, 4.69) is 16.0 Å². The lowest BCUT2D eigenvalue weighted by Crippen LogP contribution is -2.20. The first-order chi connectivity index (χ1) is 9.29. The molecule has 1 unspecified atom stereocenters. The Hall–Kier alpha value is -2.15. The van der Waals surface area contributed by atoms with E-state index in [0.717, 1.165) is 36.7 Å². The van der Waals surface area contributed by atoms with Gasteiger partial charge in [-0.25, -0.2) is 4.98 Å². The van der Waals surface area contributed by atoms with Gasteiger partial charge in [-0.1, -0.05) is 25.0 Å². The fourth-order valence-electron chi connectivity index (χ4n) is 2.81. The summed E-state index contributed by atoms with van der Waals surface area (Å²) in [7, 11) is 0. The standard InChI is InChI=1S/C15H15N3O/c16-9-11(14(19)10-5-1-2-6-10)15-17-12-7-3-4-8-13(12)18-15/h3-4,7-8,10-11H,1-2,5-6H2,(H,17,18). The Kier molecular flexibility index (Phi) is 3.04. The number of ketones is 1. The Morgan fingerprint density at radius 2 is 2.11 bits per heavy atom. The van der Waals surface area contributed by atoms with Crippen molar-refractivity contribution in [3.05, 3.63) is 30.1 Å². The first kappa shape index (κ1) is 11.9. The van der Waals surface area contributed by atoms with Crippen LogP contribution in [0, 0.1) is 17.2 Å². The van der Waals surface area contributed by atoms with Crippen molar-refractivity contribution in [2.24, 2.45) is 5.92 Å². The van der Waals surface area contributed by atoms with Crippen molar-refractivity contribution < 1.29 is 4.79 Å². The van der Waals surface area contributed by atoms with Gasteiger partial charge in [0.05, 0.1) is 17.1 Å². The van der Waals surface area contributed by atoms with E-state index in [4.69, 9.17) is 0 Å². The molecule has 4 heteroatoms. The van der Waals surface area contributed by atoms with Gasteiger partial charge in [0, 0.05) is 5.92 Å². The number of nitrogens with one attached hydrogen (secondary N) is 1. The van der Waals surface area contributed by atoms with Crippen LogP contribution in [0.2, 0.25) is 0 Å². The predicted molar refractivity (Wildman–Crippen MR) is 71.4 cm³/mol. The van der Waals surface area contributed by atoms with Gasteiger partial charge in [-0.05, 0) is 25.0 Å². The molecule has 1 aliphatic rings. The van der Waals surface area contributed by atoms with Crippen molar-refractivity contribution in [3.8, 4) is 6.07 Å². The molecule has 1 aromatic carbocycles. The van der Waals surface area contributed by atoms with Crippen molar-refractivity contribution >= 4 is 16.8 Å². The van der Waals surface area contributed by atoms with E-state index in [1.54, 1.807) is 0 Å². The highest BCUT2D eigenvalue weighted by atomic mass is 16.1. The highest BCUT2D eigenvalue weighted by molar-refractivity contribution is 5.90. The molecule has 0 radical (unpaired) electrons. The van der Waals surface area contributed by atoms with E-state index in [-0.39, 0.29) is 11.7 Å². The number of carbonyl (C=O) groups is 1. The molecular formula is C15H15N3O. The number of hydrogen-bond acceptors (Lipinski definition) is 3. The average Bonchev–Trinajstić information content (AvgIpc) is 3.08. The fraction of sp³-hybridized carbons (Fsp3) is 0.400. The van der Waals surface area contributed by atoms with Crippen LogP contribution in [0.4, 0.5) is 0 Å². The minimum Gasteiger partial charge on any atom is -0.340 e. The third-order valence-electron chi connectivity index (χ3n) is 3.85. The number of fused-ring (bicyclic) bond motifs is 1. The maximum Gasteiger partial charge on any atom is 0.162 e. The largest absolute Gasteiger partial charge is 0.340 e. The zero-order chi connectivity index (χ0) is 13.2. The summed E-state index contributed by atoms with van der Waals surface area (Å²) in [6, 6.07) is 9.70. The number of para-hydroxylation sites is 2. The van der Waals surface area contributed by atoms with Crippen molar-refractivity contribution in [1.29, 1.82) is 5.26 Å². The van der Waals surface area contributed by atoms with Crippen molar-refractivity contribution in [3.63, 3.8) is 0 Å². The molecular weight excluding hydrogens is 238 g/mol. The van der Waals surface area contributed by atoms with Gasteiger partial charge in [0.2, 0.25) is 0 Å². The Bertz CT molecular complexity index is 614. The van der Waals surface area contributed by atoms with Crippen molar-refractivity contribution in [1.82, 2.24) is 9.97 Å². The van der Waals surface area contributed by atoms with E-state index in [1.165, 1.54) is 0 Å². The number of H-pyrrole nitrogens is 1. The third-order valence-corrected chi connectivity index (χ3v) is 3.85. The zero-order valence-corrected chi connectivity index (χ0v) is 10.6. The van der Waals surface area contributed by atoms with Crippen LogP contribution in [-0.2, 0) is 4.79 Å². The highest BCUT2D eigenvalue weighted by Gasteiger charge is 2.32. The molecule has 0 bridgehead atoms. The van der Waals surface area contributed by atoms with Crippen molar-refractivity contribution in [2.75, 3.05) is 0 Å². The van der Waals surface area contributed by atoms with Gasteiger partial charge in [0.25, 0.3) is 0 Å². The van der Waals surface area contributed by atoms with Crippen LogP contribution in [0.3, 0.4) is 0 Å². The van der Waals surface area contributed by atoms with Crippen LogP contribution >= 0.6 is 0 Å². The molecule has 0 saturated heterocycles. The van der Waals surface area contributed by atoms with Gasteiger partial charge in [-0.3, -0.25) is 4.79 Å². The second-order valence-corrected chi connectivity index (χ2v) is 5.09. The summed E-state index contributed by atoms with van der Waals surface area (Å²) in [5.41, 5.74) is 1.67. The van der Waals surface area contributed by atoms with Gasteiger partial charge in [-0.15, -0.1) is 0 Å². The molecule has 1 heterocycles. The summed E-state index contributed by atoms with van der Waals surface area (Å²) in [5.74, 6) is -0.201. The third kappa shape index (κ3) is 2.12. The van der Waals surface area contributed by atoms with E-state index < -0.39 is 5.92 Å². The van der Waals surface area contributed by atoms with E-state index >= 15 is 0 Å².